The number of thioether (sulfide) groups is 1. The van der Waals surface area contributed by atoms with Gasteiger partial charge in [0, 0.05) is 33.2 Å². The van der Waals surface area contributed by atoms with Crippen molar-refractivity contribution in [3.63, 3.8) is 0 Å². The van der Waals surface area contributed by atoms with Crippen molar-refractivity contribution >= 4 is 34.4 Å². The molecule has 4 heteroatoms. The van der Waals surface area contributed by atoms with E-state index in [1.165, 1.54) is 83.3 Å². The lowest BCUT2D eigenvalue weighted by Gasteiger charge is -2.32. The number of hydrogen-bond donors (Lipinski definition) is 0. The predicted molar refractivity (Wildman–Crippen MR) is 235 cm³/mol. The molecule has 5 aliphatic rings. The molecule has 3 heterocycles. The first kappa shape index (κ1) is 33.0. The zero-order chi connectivity index (χ0) is 37.5. The van der Waals surface area contributed by atoms with Crippen molar-refractivity contribution in [2.45, 2.75) is 47.6 Å². The minimum absolute atomic E-state index is 0.110. The SMILES string of the molecule is C1=C(c2ccccc2)CCC(N(c2ccc(-c3ccccc3)cc2)c2ccc3c(c2)Cc2cc(N4C5c6ccccc6SC5[C@@H]5Oc6ccccc6C54)ccc2-3)=C1. The van der Waals surface area contributed by atoms with E-state index in [1.807, 2.05) is 11.8 Å². The molecule has 1 saturated heterocycles. The van der Waals surface area contributed by atoms with Crippen LogP contribution >= 0.6 is 11.8 Å². The molecule has 0 saturated carbocycles. The largest absolute Gasteiger partial charge is 0.486 e. The van der Waals surface area contributed by atoms with Crippen LogP contribution in [0.1, 0.15) is 52.7 Å². The summed E-state index contributed by atoms with van der Waals surface area (Å²) >= 11 is 2.00. The molecule has 3 nitrogen and oxygen atoms in total. The van der Waals surface area contributed by atoms with Crippen molar-refractivity contribution in [3.05, 3.63) is 216 Å². The lowest BCUT2D eigenvalue weighted by molar-refractivity contribution is 0.229. The van der Waals surface area contributed by atoms with E-state index in [2.05, 4.69) is 192 Å². The Bertz CT molecular complexity index is 2700. The second-order valence-electron chi connectivity index (χ2n) is 15.9. The van der Waals surface area contributed by atoms with Crippen LogP contribution in [-0.4, -0.2) is 11.4 Å². The number of anilines is 3. The first-order chi connectivity index (χ1) is 28.2. The summed E-state index contributed by atoms with van der Waals surface area (Å²) in [6.45, 7) is 0. The summed E-state index contributed by atoms with van der Waals surface area (Å²) in [4.78, 5) is 6.57. The summed E-state index contributed by atoms with van der Waals surface area (Å²) in [7, 11) is 0. The molecule has 7 aromatic carbocycles. The molecule has 57 heavy (non-hydrogen) atoms. The van der Waals surface area contributed by atoms with Crippen molar-refractivity contribution in [2.75, 3.05) is 9.80 Å². The highest BCUT2D eigenvalue weighted by atomic mass is 32.2. The maximum atomic E-state index is 6.78. The van der Waals surface area contributed by atoms with E-state index < -0.39 is 0 Å². The van der Waals surface area contributed by atoms with Gasteiger partial charge in [-0.05, 0) is 124 Å². The fourth-order valence-corrected chi connectivity index (χ4v) is 11.7. The van der Waals surface area contributed by atoms with Crippen LogP contribution in [0.25, 0.3) is 27.8 Å². The summed E-state index contributed by atoms with van der Waals surface area (Å²) in [5.74, 6) is 1.03. The van der Waals surface area contributed by atoms with Gasteiger partial charge in [-0.1, -0.05) is 127 Å². The number of para-hydroxylation sites is 1. The highest BCUT2D eigenvalue weighted by molar-refractivity contribution is 8.00. The first-order valence-electron chi connectivity index (χ1n) is 20.2. The number of benzene rings is 7. The number of rotatable bonds is 6. The van der Waals surface area contributed by atoms with Crippen LogP contribution in [0.15, 0.2) is 193 Å². The monoisotopic (exact) mass is 752 g/mol. The lowest BCUT2D eigenvalue weighted by atomic mass is 9.94. The summed E-state index contributed by atoms with van der Waals surface area (Å²) in [5, 5.41) is 0.341. The second kappa shape index (κ2) is 13.2. The molecule has 0 aromatic heterocycles. The van der Waals surface area contributed by atoms with E-state index in [-0.39, 0.29) is 18.2 Å². The molecule has 4 atom stereocenters. The molecule has 274 valence electrons. The zero-order valence-corrected chi connectivity index (χ0v) is 32.3. The molecule has 0 spiro atoms. The van der Waals surface area contributed by atoms with Crippen LogP contribution in [0.2, 0.25) is 0 Å². The molecule has 0 radical (unpaired) electrons. The van der Waals surface area contributed by atoms with Gasteiger partial charge < -0.3 is 14.5 Å². The van der Waals surface area contributed by atoms with Crippen molar-refractivity contribution < 1.29 is 4.74 Å². The Balaban J connectivity index is 0.907. The van der Waals surface area contributed by atoms with Crippen LogP contribution in [-0.2, 0) is 6.42 Å². The third-order valence-electron chi connectivity index (χ3n) is 12.7. The third-order valence-corrected chi connectivity index (χ3v) is 14.2. The Morgan fingerprint density at radius 2 is 1.21 bits per heavy atom. The fourth-order valence-electron chi connectivity index (χ4n) is 10.1. The molecule has 3 unspecified atom stereocenters. The topological polar surface area (TPSA) is 15.7 Å². The van der Waals surface area contributed by atoms with E-state index in [4.69, 9.17) is 4.74 Å². The Morgan fingerprint density at radius 1 is 0.544 bits per heavy atom. The van der Waals surface area contributed by atoms with E-state index >= 15 is 0 Å². The van der Waals surface area contributed by atoms with Crippen LogP contribution in [0, 0.1) is 0 Å². The highest BCUT2D eigenvalue weighted by Gasteiger charge is 2.58. The average molecular weight is 753 g/mol. The Kier molecular flexibility index (Phi) is 7.62. The molecule has 2 aliphatic carbocycles. The maximum absolute atomic E-state index is 6.78. The molecule has 0 amide bonds. The van der Waals surface area contributed by atoms with Crippen LogP contribution < -0.4 is 14.5 Å². The van der Waals surface area contributed by atoms with Gasteiger partial charge in [0.05, 0.1) is 17.3 Å². The molecule has 0 N–H and O–H groups in total. The van der Waals surface area contributed by atoms with Gasteiger partial charge in [-0.25, -0.2) is 0 Å². The minimum Gasteiger partial charge on any atom is -0.486 e. The molecule has 12 rings (SSSR count). The number of ether oxygens (including phenoxy) is 1. The number of nitrogens with zero attached hydrogens (tertiary/aromatic N) is 2. The fraction of sp³-hybridized carbons (Fsp3) is 0.132. The summed E-state index contributed by atoms with van der Waals surface area (Å²) in [6.07, 6.45) is 7.67. The van der Waals surface area contributed by atoms with Gasteiger partial charge in [-0.3, -0.25) is 0 Å². The number of allylic oxidation sites excluding steroid dienone is 4. The minimum atomic E-state index is 0.110. The molecule has 0 bridgehead atoms. The van der Waals surface area contributed by atoms with E-state index in [1.54, 1.807) is 0 Å². The Labute approximate surface area is 338 Å². The van der Waals surface area contributed by atoms with Crippen molar-refractivity contribution in [1.82, 2.24) is 0 Å². The predicted octanol–water partition coefficient (Wildman–Crippen LogP) is 13.4. The average Bonchev–Trinajstić information content (AvgIpc) is 4.02. The number of hydrogen-bond acceptors (Lipinski definition) is 4. The van der Waals surface area contributed by atoms with Crippen molar-refractivity contribution in [2.24, 2.45) is 0 Å². The van der Waals surface area contributed by atoms with Gasteiger partial charge in [0.1, 0.15) is 11.9 Å². The van der Waals surface area contributed by atoms with Gasteiger partial charge in [0.15, 0.2) is 0 Å². The molecule has 3 aliphatic heterocycles. The zero-order valence-electron chi connectivity index (χ0n) is 31.5. The van der Waals surface area contributed by atoms with Gasteiger partial charge in [-0.15, -0.1) is 11.8 Å². The summed E-state index contributed by atoms with van der Waals surface area (Å²) in [6, 6.07) is 63.1. The Morgan fingerprint density at radius 3 is 2.00 bits per heavy atom. The standard InChI is InChI=1S/C53H40N2OS/c1-3-11-34(12-4-1)36-19-23-40(24-20-36)54(41-25-21-37(22-26-41)35-13-5-2-6-14-35)42-27-29-44-38(32-42)31-39-33-43(28-30-45(39)44)55-50-46-15-7-9-17-48(46)56-52(50)53-51(55)47-16-8-10-18-49(47)57-53/h1-21,23-25,27-30,32-33,50-53H,22,26,31H2/t50?,51?,52-,53?/m1/s1. The van der Waals surface area contributed by atoms with E-state index in [0.717, 1.165) is 25.0 Å². The number of fused-ring (bicyclic) bond motifs is 10. The van der Waals surface area contributed by atoms with Gasteiger partial charge in [-0.2, -0.15) is 0 Å². The van der Waals surface area contributed by atoms with Gasteiger partial charge in [0.2, 0.25) is 0 Å². The van der Waals surface area contributed by atoms with E-state index in [0.29, 0.717) is 5.25 Å². The first-order valence-corrected chi connectivity index (χ1v) is 21.1. The van der Waals surface area contributed by atoms with Crippen LogP contribution in [0.3, 0.4) is 0 Å². The Hall–Kier alpha value is -6.23. The second-order valence-corrected chi connectivity index (χ2v) is 17.1. The summed E-state index contributed by atoms with van der Waals surface area (Å²) < 4.78 is 6.78. The molecular weight excluding hydrogens is 713 g/mol. The van der Waals surface area contributed by atoms with Crippen LogP contribution in [0.5, 0.6) is 5.75 Å². The quantitative estimate of drug-likeness (QED) is 0.168. The normalized spacial score (nSPS) is 20.7. The van der Waals surface area contributed by atoms with Crippen molar-refractivity contribution in [3.8, 4) is 28.0 Å². The smallest absolute Gasteiger partial charge is 0.138 e. The molecular formula is C53H40N2OS. The van der Waals surface area contributed by atoms with Gasteiger partial charge in [0.25, 0.3) is 0 Å². The maximum Gasteiger partial charge on any atom is 0.138 e. The summed E-state index contributed by atoms with van der Waals surface area (Å²) in [5.41, 5.74) is 18.4. The van der Waals surface area contributed by atoms with Crippen molar-refractivity contribution in [1.29, 1.82) is 0 Å². The molecule has 1 fully saturated rings. The lowest BCUT2D eigenvalue weighted by Crippen LogP contribution is -2.27. The highest BCUT2D eigenvalue weighted by Crippen LogP contribution is 2.62. The third kappa shape index (κ3) is 5.34. The van der Waals surface area contributed by atoms with Gasteiger partial charge >= 0.3 is 0 Å². The van der Waals surface area contributed by atoms with E-state index in [9.17, 15) is 0 Å². The van der Waals surface area contributed by atoms with Crippen LogP contribution in [0.4, 0.5) is 17.1 Å². The molecule has 7 aromatic rings.